The summed E-state index contributed by atoms with van der Waals surface area (Å²) in [6.07, 6.45) is 0. The number of fused-ring (bicyclic) bond motifs is 6. The van der Waals surface area contributed by atoms with Gasteiger partial charge < -0.3 is 4.57 Å². The quantitative estimate of drug-likeness (QED) is 0.207. The van der Waals surface area contributed by atoms with Crippen molar-refractivity contribution >= 4 is 53.3 Å². The fourth-order valence-electron chi connectivity index (χ4n) is 5.98. The van der Waals surface area contributed by atoms with E-state index in [2.05, 4.69) is 24.3 Å². The number of hydrogen-bond acceptors (Lipinski definition) is 4. The van der Waals surface area contributed by atoms with Gasteiger partial charge in [-0.1, -0.05) is 109 Å². The lowest BCUT2D eigenvalue weighted by Crippen LogP contribution is -2.00. The summed E-state index contributed by atoms with van der Waals surface area (Å²) < 4.78 is 38.5. The largest absolute Gasteiger partial charge is 0.309 e. The van der Waals surface area contributed by atoms with E-state index in [1.165, 1.54) is 12.1 Å². The minimum Gasteiger partial charge on any atom is -0.309 e. The molecule has 0 saturated heterocycles. The molecule has 206 valence electrons. The van der Waals surface area contributed by atoms with Gasteiger partial charge in [0.2, 0.25) is 0 Å². The van der Waals surface area contributed by atoms with Gasteiger partial charge in [0.1, 0.15) is 0 Å². The predicted molar refractivity (Wildman–Crippen MR) is 183 cm³/mol. The van der Waals surface area contributed by atoms with Crippen LogP contribution < -0.4 is 0 Å². The Labute approximate surface area is 263 Å². The first kappa shape index (κ1) is 21.1. The summed E-state index contributed by atoms with van der Waals surface area (Å²) in [6, 6.07) is 39.6. The average Bonchev–Trinajstić information content (AvgIpc) is 3.64. The number of benzene rings is 6. The Morgan fingerprint density at radius 3 is 1.77 bits per heavy atom. The van der Waals surface area contributed by atoms with Crippen molar-refractivity contribution in [1.29, 1.82) is 0 Å². The SMILES string of the molecule is [2H]c1cc([2H])c2c(c1)c1cc([2H])cc([2H])c1n2-c1ccc2sc3cccc(-c4nc(-c5ccccc5)nc(-c5ccccc5)n4)c3c2c1. The van der Waals surface area contributed by atoms with Crippen molar-refractivity contribution in [2.75, 3.05) is 0 Å². The van der Waals surface area contributed by atoms with Gasteiger partial charge in [0, 0.05) is 53.3 Å². The van der Waals surface area contributed by atoms with Gasteiger partial charge in [0.15, 0.2) is 17.5 Å². The molecule has 4 nitrogen and oxygen atoms in total. The Balaban J connectivity index is 1.33. The molecular formula is C39H24N4S. The van der Waals surface area contributed by atoms with Crippen molar-refractivity contribution < 1.29 is 5.48 Å². The molecule has 0 unspecified atom stereocenters. The highest BCUT2D eigenvalue weighted by Gasteiger charge is 2.18. The predicted octanol–water partition coefficient (Wildman–Crippen LogP) is 10.3. The van der Waals surface area contributed by atoms with Crippen LogP contribution in [0.5, 0.6) is 0 Å². The summed E-state index contributed by atoms with van der Waals surface area (Å²) in [4.78, 5) is 14.9. The summed E-state index contributed by atoms with van der Waals surface area (Å²) in [5.41, 5.74) is 4.69. The molecule has 0 aliphatic carbocycles. The number of hydrogen-bond donors (Lipinski definition) is 0. The van der Waals surface area contributed by atoms with Crippen LogP contribution in [0.4, 0.5) is 0 Å². The Hall–Kier alpha value is -5.65. The third-order valence-electron chi connectivity index (χ3n) is 7.96. The Morgan fingerprint density at radius 1 is 0.523 bits per heavy atom. The van der Waals surface area contributed by atoms with E-state index in [1.54, 1.807) is 23.5 Å². The lowest BCUT2D eigenvalue weighted by Gasteiger charge is -2.10. The molecule has 9 aromatic rings. The van der Waals surface area contributed by atoms with Gasteiger partial charge in [-0.25, -0.2) is 15.0 Å². The molecule has 0 aliphatic rings. The Morgan fingerprint density at radius 2 is 1.14 bits per heavy atom. The second-order valence-corrected chi connectivity index (χ2v) is 11.6. The van der Waals surface area contributed by atoms with Crippen LogP contribution in [0.25, 0.3) is 81.8 Å². The van der Waals surface area contributed by atoms with Gasteiger partial charge in [0.25, 0.3) is 0 Å². The number of aromatic nitrogens is 4. The normalized spacial score (nSPS) is 12.9. The van der Waals surface area contributed by atoms with Crippen molar-refractivity contribution in [1.82, 2.24) is 19.5 Å². The first-order valence-corrected chi connectivity index (χ1v) is 15.1. The molecule has 6 aromatic carbocycles. The summed E-state index contributed by atoms with van der Waals surface area (Å²) in [5.74, 6) is 1.76. The van der Waals surface area contributed by atoms with Crippen LogP contribution in [0.1, 0.15) is 5.48 Å². The summed E-state index contributed by atoms with van der Waals surface area (Å²) in [7, 11) is 0. The van der Waals surface area contributed by atoms with E-state index in [1.807, 2.05) is 77.4 Å². The molecular weight excluding hydrogens is 557 g/mol. The fraction of sp³-hybridized carbons (Fsp3) is 0. The molecule has 0 radical (unpaired) electrons. The molecule has 9 rings (SSSR count). The molecule has 0 bridgehead atoms. The van der Waals surface area contributed by atoms with Gasteiger partial charge in [-0.3, -0.25) is 0 Å². The molecule has 0 atom stereocenters. The lowest BCUT2D eigenvalue weighted by atomic mass is 10.0. The summed E-state index contributed by atoms with van der Waals surface area (Å²) >= 11 is 1.69. The maximum Gasteiger partial charge on any atom is 0.164 e. The molecule has 0 N–H and O–H groups in total. The highest BCUT2D eigenvalue weighted by atomic mass is 32.1. The van der Waals surface area contributed by atoms with Gasteiger partial charge in [-0.15, -0.1) is 11.3 Å². The van der Waals surface area contributed by atoms with Crippen LogP contribution in [0.3, 0.4) is 0 Å². The molecule has 44 heavy (non-hydrogen) atoms. The van der Waals surface area contributed by atoms with E-state index in [0.717, 1.165) is 42.6 Å². The van der Waals surface area contributed by atoms with Crippen LogP contribution in [0, 0.1) is 0 Å². The van der Waals surface area contributed by atoms with Crippen molar-refractivity contribution in [2.24, 2.45) is 0 Å². The van der Waals surface area contributed by atoms with Crippen molar-refractivity contribution in [3.8, 4) is 39.9 Å². The third-order valence-corrected chi connectivity index (χ3v) is 9.10. The molecule has 0 fully saturated rings. The van der Waals surface area contributed by atoms with Crippen molar-refractivity contribution in [3.05, 3.63) is 145 Å². The summed E-state index contributed by atoms with van der Waals surface area (Å²) in [5, 5.41) is 3.40. The van der Waals surface area contributed by atoms with Crippen molar-refractivity contribution in [3.63, 3.8) is 0 Å². The average molecular weight is 585 g/mol. The van der Waals surface area contributed by atoms with E-state index in [0.29, 0.717) is 39.3 Å². The second kappa shape index (κ2) is 9.97. The minimum atomic E-state index is 0.197. The number of rotatable bonds is 4. The number of nitrogens with zero attached hydrogens (tertiary/aromatic N) is 4. The maximum atomic E-state index is 8.87. The molecule has 0 amide bonds. The highest BCUT2D eigenvalue weighted by molar-refractivity contribution is 7.25. The first-order valence-electron chi connectivity index (χ1n) is 16.3. The van der Waals surface area contributed by atoms with Gasteiger partial charge in [-0.2, -0.15) is 0 Å². The monoisotopic (exact) mass is 584 g/mol. The van der Waals surface area contributed by atoms with Crippen LogP contribution in [0.15, 0.2) is 145 Å². The van der Waals surface area contributed by atoms with Crippen LogP contribution in [-0.2, 0) is 0 Å². The van der Waals surface area contributed by atoms with E-state index >= 15 is 0 Å². The van der Waals surface area contributed by atoms with Gasteiger partial charge in [0.05, 0.1) is 16.5 Å². The zero-order chi connectivity index (χ0) is 32.5. The number of thiophene rings is 1. The molecule has 5 heteroatoms. The second-order valence-electron chi connectivity index (χ2n) is 10.6. The third kappa shape index (κ3) is 3.94. The first-order chi connectivity index (χ1) is 23.4. The summed E-state index contributed by atoms with van der Waals surface area (Å²) in [6.45, 7) is 0. The Bertz CT molecular complexity index is 2600. The van der Waals surface area contributed by atoms with E-state index in [-0.39, 0.29) is 24.2 Å². The van der Waals surface area contributed by atoms with Crippen LogP contribution in [-0.4, -0.2) is 19.5 Å². The van der Waals surface area contributed by atoms with E-state index in [4.69, 9.17) is 20.4 Å². The van der Waals surface area contributed by atoms with Crippen molar-refractivity contribution in [2.45, 2.75) is 0 Å². The molecule has 0 aliphatic heterocycles. The topological polar surface area (TPSA) is 43.6 Å². The zero-order valence-corrected chi connectivity index (χ0v) is 24.1. The van der Waals surface area contributed by atoms with Gasteiger partial charge in [-0.05, 0) is 36.4 Å². The van der Waals surface area contributed by atoms with Crippen LogP contribution in [0.2, 0.25) is 0 Å². The molecule has 0 spiro atoms. The van der Waals surface area contributed by atoms with E-state index < -0.39 is 0 Å². The molecule has 3 heterocycles. The fourth-order valence-corrected chi connectivity index (χ4v) is 7.09. The minimum absolute atomic E-state index is 0.197. The van der Waals surface area contributed by atoms with E-state index in [9.17, 15) is 0 Å². The zero-order valence-electron chi connectivity index (χ0n) is 27.2. The Kier molecular flexibility index (Phi) is 4.78. The standard InChI is InChI=1S/C39H24N4S/c1-3-12-25(13-4-1)37-40-38(26-14-5-2-6-15-26)42-39(41-37)30-18-11-21-35-36(30)31-24-27(22-23-34(31)44-35)43-32-19-9-7-16-28(32)29-17-8-10-20-33(29)43/h1-24H/i7D,8D,19D,20D. The smallest absolute Gasteiger partial charge is 0.164 e. The molecule has 3 aromatic heterocycles. The van der Waals surface area contributed by atoms with Gasteiger partial charge >= 0.3 is 0 Å². The highest BCUT2D eigenvalue weighted by Crippen LogP contribution is 2.41. The molecule has 0 saturated carbocycles. The maximum absolute atomic E-state index is 8.87. The lowest BCUT2D eigenvalue weighted by molar-refractivity contribution is 1.08. The van der Waals surface area contributed by atoms with Crippen LogP contribution >= 0.6 is 11.3 Å². The number of para-hydroxylation sites is 2.